The van der Waals surface area contributed by atoms with Gasteiger partial charge in [0.05, 0.1) is 16.6 Å². The second-order valence-corrected chi connectivity index (χ2v) is 8.38. The van der Waals surface area contributed by atoms with Gasteiger partial charge in [-0.25, -0.2) is 4.98 Å². The Kier molecular flexibility index (Phi) is 5.05. The Labute approximate surface area is 191 Å². The molecule has 0 fully saturated rings. The van der Waals surface area contributed by atoms with Gasteiger partial charge in [0.15, 0.2) is 0 Å². The van der Waals surface area contributed by atoms with E-state index >= 15 is 0 Å². The Morgan fingerprint density at radius 1 is 1.09 bits per heavy atom. The van der Waals surface area contributed by atoms with E-state index in [1.807, 2.05) is 67.6 Å². The summed E-state index contributed by atoms with van der Waals surface area (Å²) in [4.78, 5) is 7.95. The number of halogens is 1. The van der Waals surface area contributed by atoms with Crippen LogP contribution in [-0.2, 0) is 6.54 Å². The molecule has 0 saturated carbocycles. The number of aromatic nitrogens is 3. The molecule has 4 nitrogen and oxygen atoms in total. The molecule has 2 heterocycles. The molecule has 1 N–H and O–H groups in total. The molecule has 2 aromatic heterocycles. The molecule has 0 saturated heterocycles. The summed E-state index contributed by atoms with van der Waals surface area (Å²) in [6.07, 6.45) is 1.94. The van der Waals surface area contributed by atoms with Crippen LogP contribution in [0.15, 0.2) is 66.7 Å². The molecule has 3 aromatic carbocycles. The van der Waals surface area contributed by atoms with Gasteiger partial charge in [0, 0.05) is 33.7 Å². The molecule has 0 unspecified atom stereocenters. The summed E-state index contributed by atoms with van der Waals surface area (Å²) in [7, 11) is 0. The first-order chi connectivity index (χ1) is 15.5. The molecule has 32 heavy (non-hydrogen) atoms. The lowest BCUT2D eigenvalue weighted by Gasteiger charge is -2.10. The van der Waals surface area contributed by atoms with Crippen molar-refractivity contribution in [2.75, 3.05) is 0 Å². The minimum atomic E-state index is 0.502. The predicted octanol–water partition coefficient (Wildman–Crippen LogP) is 6.90. The van der Waals surface area contributed by atoms with Crippen LogP contribution in [0.4, 0.5) is 0 Å². The molecule has 156 valence electrons. The number of benzene rings is 3. The first-order valence-electron chi connectivity index (χ1n) is 10.4. The topological polar surface area (TPSA) is 57.4 Å². The van der Waals surface area contributed by atoms with Crippen molar-refractivity contribution >= 4 is 45.2 Å². The maximum Gasteiger partial charge on any atom is 0.149 e. The molecule has 0 aliphatic rings. The zero-order chi connectivity index (χ0) is 22.2. The number of nitrogens with zero attached hydrogens (tertiary/aromatic N) is 3. The lowest BCUT2D eigenvalue weighted by Crippen LogP contribution is -2.02. The first-order valence-corrected chi connectivity index (χ1v) is 10.8. The summed E-state index contributed by atoms with van der Waals surface area (Å²) < 4.78 is 2.25. The minimum Gasteiger partial charge on any atom is -0.340 e. The molecule has 5 rings (SSSR count). The van der Waals surface area contributed by atoms with Gasteiger partial charge in [0.25, 0.3) is 0 Å². The lowest BCUT2D eigenvalue weighted by molar-refractivity contribution is 0.804. The summed E-state index contributed by atoms with van der Waals surface area (Å²) in [5, 5.41) is 11.8. The van der Waals surface area contributed by atoms with Crippen molar-refractivity contribution < 1.29 is 0 Å². The summed E-state index contributed by atoms with van der Waals surface area (Å²) in [6.45, 7) is 4.78. The zero-order valence-electron chi connectivity index (χ0n) is 17.9. The third-order valence-electron chi connectivity index (χ3n) is 5.87. The van der Waals surface area contributed by atoms with Crippen molar-refractivity contribution in [1.82, 2.24) is 14.5 Å². The highest BCUT2D eigenvalue weighted by molar-refractivity contribution is 6.31. The van der Waals surface area contributed by atoms with E-state index in [-0.39, 0.29) is 0 Å². The van der Waals surface area contributed by atoms with Gasteiger partial charge in [-0.1, -0.05) is 54.1 Å². The molecular formula is C27H21ClN4. The Bertz CT molecular complexity index is 1550. The van der Waals surface area contributed by atoms with Crippen LogP contribution < -0.4 is 0 Å². The van der Waals surface area contributed by atoms with Crippen LogP contribution in [0.3, 0.4) is 0 Å². The maximum atomic E-state index is 9.96. The van der Waals surface area contributed by atoms with Crippen LogP contribution >= 0.6 is 11.6 Å². The van der Waals surface area contributed by atoms with E-state index in [1.54, 1.807) is 0 Å². The van der Waals surface area contributed by atoms with Crippen LogP contribution in [0, 0.1) is 25.2 Å². The fourth-order valence-electron chi connectivity index (χ4n) is 4.19. The van der Waals surface area contributed by atoms with E-state index in [1.165, 1.54) is 0 Å². The lowest BCUT2D eigenvalue weighted by atomic mass is 10.1. The highest BCUT2D eigenvalue weighted by Gasteiger charge is 2.16. The molecule has 0 atom stereocenters. The quantitative estimate of drug-likeness (QED) is 0.311. The molecular weight excluding hydrogens is 416 g/mol. The van der Waals surface area contributed by atoms with Gasteiger partial charge in [-0.05, 0) is 55.3 Å². The first kappa shape index (κ1) is 20.1. The zero-order valence-corrected chi connectivity index (χ0v) is 18.6. The standard InChI is InChI=1S/C27H21ClN4/c1-17-11-12-24-25(13-17)31-27(30-24)20(15-29)14-22-18(2)32(26-10-6-4-8-21(22)26)16-19-7-3-5-9-23(19)28/h3-14H,16H2,1-2H3,(H,30,31). The third-order valence-corrected chi connectivity index (χ3v) is 6.24. The molecule has 0 bridgehead atoms. The number of hydrogen-bond donors (Lipinski definition) is 1. The SMILES string of the molecule is Cc1ccc2nc(C(C#N)=Cc3c(C)n(Cc4ccccc4Cl)c4ccccc34)[nH]c2c1. The Balaban J connectivity index is 1.66. The van der Waals surface area contributed by atoms with Gasteiger partial charge in [-0.3, -0.25) is 0 Å². The van der Waals surface area contributed by atoms with Crippen molar-refractivity contribution in [2.45, 2.75) is 20.4 Å². The van der Waals surface area contributed by atoms with E-state index in [2.05, 4.69) is 39.7 Å². The van der Waals surface area contributed by atoms with E-state index in [0.717, 1.165) is 49.3 Å². The van der Waals surface area contributed by atoms with Gasteiger partial charge in [-0.15, -0.1) is 0 Å². The smallest absolute Gasteiger partial charge is 0.149 e. The second-order valence-electron chi connectivity index (χ2n) is 7.97. The number of para-hydroxylation sites is 1. The number of imidazole rings is 1. The molecule has 0 aliphatic carbocycles. The highest BCUT2D eigenvalue weighted by Crippen LogP contribution is 2.31. The number of hydrogen-bond acceptors (Lipinski definition) is 2. The maximum absolute atomic E-state index is 9.96. The van der Waals surface area contributed by atoms with Crippen LogP contribution in [0.1, 0.15) is 28.2 Å². The number of aromatic amines is 1. The average Bonchev–Trinajstić information content (AvgIpc) is 3.32. The number of rotatable bonds is 4. The molecule has 5 heteroatoms. The number of aryl methyl sites for hydroxylation is 1. The molecule has 5 aromatic rings. The van der Waals surface area contributed by atoms with Crippen LogP contribution in [0.2, 0.25) is 5.02 Å². The summed E-state index contributed by atoms with van der Waals surface area (Å²) in [5.41, 5.74) is 7.68. The third kappa shape index (κ3) is 3.47. The molecule has 0 amide bonds. The Hall–Kier alpha value is -3.81. The fourth-order valence-corrected chi connectivity index (χ4v) is 4.39. The average molecular weight is 437 g/mol. The summed E-state index contributed by atoms with van der Waals surface area (Å²) >= 11 is 6.44. The fraction of sp³-hybridized carbons (Fsp3) is 0.111. The van der Waals surface area contributed by atoms with Crippen molar-refractivity contribution in [3.63, 3.8) is 0 Å². The second kappa shape index (κ2) is 8.03. The summed E-state index contributed by atoms with van der Waals surface area (Å²) in [6, 6.07) is 24.5. The van der Waals surface area contributed by atoms with E-state index in [9.17, 15) is 5.26 Å². The Morgan fingerprint density at radius 3 is 2.69 bits per heavy atom. The van der Waals surface area contributed by atoms with Crippen LogP contribution in [0.5, 0.6) is 0 Å². The number of fused-ring (bicyclic) bond motifs is 2. The molecule has 0 radical (unpaired) electrons. The Morgan fingerprint density at radius 2 is 1.88 bits per heavy atom. The monoisotopic (exact) mass is 436 g/mol. The predicted molar refractivity (Wildman–Crippen MR) is 132 cm³/mol. The normalized spacial score (nSPS) is 11.9. The molecule has 0 spiro atoms. The number of nitrogens with one attached hydrogen (secondary N) is 1. The van der Waals surface area contributed by atoms with E-state index < -0.39 is 0 Å². The van der Waals surface area contributed by atoms with Gasteiger partial charge < -0.3 is 9.55 Å². The summed E-state index contributed by atoms with van der Waals surface area (Å²) in [5.74, 6) is 0.579. The van der Waals surface area contributed by atoms with E-state index in [4.69, 9.17) is 11.6 Å². The largest absolute Gasteiger partial charge is 0.340 e. The van der Waals surface area contributed by atoms with Gasteiger partial charge >= 0.3 is 0 Å². The van der Waals surface area contributed by atoms with Crippen LogP contribution in [0.25, 0.3) is 33.6 Å². The van der Waals surface area contributed by atoms with Crippen molar-refractivity contribution in [1.29, 1.82) is 5.26 Å². The van der Waals surface area contributed by atoms with Gasteiger partial charge in [-0.2, -0.15) is 5.26 Å². The van der Waals surface area contributed by atoms with Crippen molar-refractivity contribution in [2.24, 2.45) is 0 Å². The van der Waals surface area contributed by atoms with Crippen molar-refractivity contribution in [3.8, 4) is 6.07 Å². The van der Waals surface area contributed by atoms with Gasteiger partial charge in [0.2, 0.25) is 0 Å². The minimum absolute atomic E-state index is 0.502. The van der Waals surface area contributed by atoms with E-state index in [0.29, 0.717) is 17.9 Å². The molecule has 0 aliphatic heterocycles. The number of H-pyrrole nitrogens is 1. The van der Waals surface area contributed by atoms with Crippen molar-refractivity contribution in [3.05, 3.63) is 100.0 Å². The number of nitriles is 1. The van der Waals surface area contributed by atoms with Gasteiger partial charge in [0.1, 0.15) is 11.9 Å². The van der Waals surface area contributed by atoms with Crippen LogP contribution in [-0.4, -0.2) is 14.5 Å². The highest BCUT2D eigenvalue weighted by atomic mass is 35.5. The number of allylic oxidation sites excluding steroid dienone is 1.